The number of Topliss-reactive ketones (excluding diaryl/α,β-unsaturated/α-hetero) is 1. The number of nitrogens with one attached hydrogen (secondary N) is 1. The van der Waals surface area contributed by atoms with E-state index in [0.717, 1.165) is 12.0 Å². The van der Waals surface area contributed by atoms with E-state index in [-0.39, 0.29) is 11.7 Å². The topological polar surface area (TPSA) is 64.6 Å². The van der Waals surface area contributed by atoms with Crippen LogP contribution in [-0.4, -0.2) is 32.0 Å². The molecule has 5 nitrogen and oxygen atoms in total. The summed E-state index contributed by atoms with van der Waals surface area (Å²) >= 11 is 0. The Labute approximate surface area is 111 Å². The maximum absolute atomic E-state index is 12.3. The minimum absolute atomic E-state index is 0.0718. The number of carbonyl (C=O) groups excluding carboxylic acids is 2. The summed E-state index contributed by atoms with van der Waals surface area (Å²) < 4.78 is 10.4. The van der Waals surface area contributed by atoms with Crippen LogP contribution < -0.4 is 14.8 Å². The van der Waals surface area contributed by atoms with Crippen LogP contribution in [0.4, 0.5) is 0 Å². The Morgan fingerprint density at radius 2 is 1.89 bits per heavy atom. The van der Waals surface area contributed by atoms with Gasteiger partial charge in [0.25, 0.3) is 0 Å². The highest BCUT2D eigenvalue weighted by Crippen LogP contribution is 2.34. The fraction of sp³-hybridized carbons (Fsp3) is 0.429. The van der Waals surface area contributed by atoms with Gasteiger partial charge in [-0.25, -0.2) is 0 Å². The number of rotatable bonds is 3. The number of hydrogen-bond acceptors (Lipinski definition) is 4. The van der Waals surface area contributed by atoms with E-state index in [1.165, 1.54) is 14.0 Å². The van der Waals surface area contributed by atoms with Gasteiger partial charge >= 0.3 is 0 Å². The van der Waals surface area contributed by atoms with Crippen LogP contribution in [0.3, 0.4) is 0 Å². The lowest BCUT2D eigenvalue weighted by Gasteiger charge is -2.24. The first kappa shape index (κ1) is 13.4. The minimum Gasteiger partial charge on any atom is -0.493 e. The van der Waals surface area contributed by atoms with Gasteiger partial charge in [0, 0.05) is 12.5 Å². The zero-order chi connectivity index (χ0) is 14.0. The smallest absolute Gasteiger partial charge is 0.217 e. The van der Waals surface area contributed by atoms with Crippen molar-refractivity contribution in [1.29, 1.82) is 0 Å². The van der Waals surface area contributed by atoms with E-state index >= 15 is 0 Å². The molecule has 1 aliphatic carbocycles. The molecular weight excluding hydrogens is 246 g/mol. The molecule has 1 atom stereocenters. The number of fused-ring (bicyclic) bond motifs is 1. The molecule has 2 rings (SSSR count). The van der Waals surface area contributed by atoms with Crippen molar-refractivity contribution in [1.82, 2.24) is 5.32 Å². The number of ketones is 1. The molecule has 0 aromatic heterocycles. The fourth-order valence-corrected chi connectivity index (χ4v) is 2.36. The van der Waals surface area contributed by atoms with Crippen LogP contribution in [-0.2, 0) is 11.2 Å². The molecule has 1 aromatic rings. The normalized spacial score (nSPS) is 17.6. The van der Waals surface area contributed by atoms with Gasteiger partial charge in [0.2, 0.25) is 5.91 Å². The second-order valence-electron chi connectivity index (χ2n) is 4.52. The molecule has 0 aliphatic heterocycles. The summed E-state index contributed by atoms with van der Waals surface area (Å²) in [6.45, 7) is 1.41. The highest BCUT2D eigenvalue weighted by Gasteiger charge is 2.29. The van der Waals surface area contributed by atoms with E-state index in [4.69, 9.17) is 9.47 Å². The van der Waals surface area contributed by atoms with Gasteiger partial charge in [-0.15, -0.1) is 0 Å². The van der Waals surface area contributed by atoms with Crippen molar-refractivity contribution in [2.24, 2.45) is 0 Å². The molecule has 5 heteroatoms. The van der Waals surface area contributed by atoms with Crippen molar-refractivity contribution in [3.8, 4) is 11.5 Å². The van der Waals surface area contributed by atoms with Crippen LogP contribution in [0, 0.1) is 0 Å². The van der Waals surface area contributed by atoms with E-state index in [2.05, 4.69) is 5.32 Å². The molecule has 1 aliphatic rings. The van der Waals surface area contributed by atoms with Crippen LogP contribution >= 0.6 is 0 Å². The van der Waals surface area contributed by atoms with Crippen LogP contribution in [0.25, 0.3) is 0 Å². The monoisotopic (exact) mass is 263 g/mol. The summed E-state index contributed by atoms with van der Waals surface area (Å²) in [6.07, 6.45) is 1.34. The third kappa shape index (κ3) is 2.54. The highest BCUT2D eigenvalue weighted by molar-refractivity contribution is 6.04. The van der Waals surface area contributed by atoms with Gasteiger partial charge in [0.05, 0.1) is 20.3 Å². The number of carbonyl (C=O) groups is 2. The third-order valence-corrected chi connectivity index (χ3v) is 3.27. The van der Waals surface area contributed by atoms with Gasteiger partial charge in [-0.2, -0.15) is 0 Å². The molecule has 0 bridgehead atoms. The zero-order valence-electron chi connectivity index (χ0n) is 11.3. The molecule has 102 valence electrons. The highest BCUT2D eigenvalue weighted by atomic mass is 16.5. The van der Waals surface area contributed by atoms with E-state index in [1.807, 2.05) is 6.07 Å². The predicted molar refractivity (Wildman–Crippen MR) is 69.8 cm³/mol. The Morgan fingerprint density at radius 3 is 2.47 bits per heavy atom. The van der Waals surface area contributed by atoms with Crippen molar-refractivity contribution in [2.45, 2.75) is 25.8 Å². The Hall–Kier alpha value is -2.04. The number of methoxy groups -OCH3 is 2. The van der Waals surface area contributed by atoms with E-state index in [0.29, 0.717) is 23.5 Å². The summed E-state index contributed by atoms with van der Waals surface area (Å²) in [5, 5.41) is 2.68. The maximum Gasteiger partial charge on any atom is 0.217 e. The molecular formula is C14H17NO4. The summed E-state index contributed by atoms with van der Waals surface area (Å²) in [5.74, 6) is 0.879. The van der Waals surface area contributed by atoms with Crippen LogP contribution in [0.1, 0.15) is 29.3 Å². The molecule has 1 aromatic carbocycles. The van der Waals surface area contributed by atoms with Crippen LogP contribution in [0.5, 0.6) is 11.5 Å². The molecule has 0 heterocycles. The molecule has 0 spiro atoms. The maximum atomic E-state index is 12.3. The molecule has 19 heavy (non-hydrogen) atoms. The van der Waals surface area contributed by atoms with E-state index in [1.54, 1.807) is 13.2 Å². The Bertz CT molecular complexity index is 524. The Balaban J connectivity index is 2.37. The fourth-order valence-electron chi connectivity index (χ4n) is 2.36. The molecule has 1 N–H and O–H groups in total. The summed E-state index contributed by atoms with van der Waals surface area (Å²) in [5.41, 5.74) is 1.53. The number of ether oxygens (including phenoxy) is 2. The van der Waals surface area contributed by atoms with Gasteiger partial charge in [-0.05, 0) is 30.5 Å². The van der Waals surface area contributed by atoms with Gasteiger partial charge in [-0.1, -0.05) is 0 Å². The average molecular weight is 263 g/mol. The lowest BCUT2D eigenvalue weighted by atomic mass is 9.86. The van der Waals surface area contributed by atoms with Crippen LogP contribution in [0.2, 0.25) is 0 Å². The molecule has 1 amide bonds. The van der Waals surface area contributed by atoms with Crippen molar-refractivity contribution >= 4 is 11.7 Å². The van der Waals surface area contributed by atoms with Crippen molar-refractivity contribution < 1.29 is 19.1 Å². The lowest BCUT2D eigenvalue weighted by molar-refractivity contribution is -0.119. The predicted octanol–water partition coefficient (Wildman–Crippen LogP) is 1.34. The van der Waals surface area contributed by atoms with Gasteiger partial charge < -0.3 is 14.8 Å². The van der Waals surface area contributed by atoms with E-state index in [9.17, 15) is 9.59 Å². The average Bonchev–Trinajstić information content (AvgIpc) is 2.40. The van der Waals surface area contributed by atoms with Crippen LogP contribution in [0.15, 0.2) is 12.1 Å². The first-order valence-electron chi connectivity index (χ1n) is 6.13. The van der Waals surface area contributed by atoms with Gasteiger partial charge in [0.1, 0.15) is 0 Å². The second kappa shape index (κ2) is 5.30. The Morgan fingerprint density at radius 1 is 1.26 bits per heavy atom. The number of benzene rings is 1. The quantitative estimate of drug-likeness (QED) is 0.893. The lowest BCUT2D eigenvalue weighted by Crippen LogP contribution is -2.42. The third-order valence-electron chi connectivity index (χ3n) is 3.27. The molecule has 0 saturated carbocycles. The summed E-state index contributed by atoms with van der Waals surface area (Å²) in [6, 6.07) is 3.07. The van der Waals surface area contributed by atoms with Gasteiger partial charge in [-0.3, -0.25) is 9.59 Å². The number of hydrogen-bond donors (Lipinski definition) is 1. The second-order valence-corrected chi connectivity index (χ2v) is 4.52. The van der Waals surface area contributed by atoms with Gasteiger partial charge in [0.15, 0.2) is 17.3 Å². The summed E-state index contributed by atoms with van der Waals surface area (Å²) in [4.78, 5) is 23.4. The van der Waals surface area contributed by atoms with Crippen molar-refractivity contribution in [3.63, 3.8) is 0 Å². The number of amides is 1. The molecule has 0 radical (unpaired) electrons. The summed E-state index contributed by atoms with van der Waals surface area (Å²) in [7, 11) is 3.10. The first-order chi connectivity index (χ1) is 9.06. The SMILES string of the molecule is COc1cc2c(cc1OC)C(=O)C(NC(C)=O)CC2. The first-order valence-corrected chi connectivity index (χ1v) is 6.13. The molecule has 0 fully saturated rings. The largest absolute Gasteiger partial charge is 0.493 e. The van der Waals surface area contributed by atoms with Crippen molar-refractivity contribution in [2.75, 3.05) is 14.2 Å². The Kier molecular flexibility index (Phi) is 3.74. The number of aryl methyl sites for hydroxylation is 1. The van der Waals surface area contributed by atoms with Crippen molar-refractivity contribution in [3.05, 3.63) is 23.3 Å². The minimum atomic E-state index is -0.442. The van der Waals surface area contributed by atoms with E-state index < -0.39 is 6.04 Å². The molecule has 1 unspecified atom stereocenters. The zero-order valence-corrected chi connectivity index (χ0v) is 11.3. The standard InChI is InChI=1S/C14H17NO4/c1-8(16)15-11-5-4-9-6-12(18-2)13(19-3)7-10(9)14(11)17/h6-7,11H,4-5H2,1-3H3,(H,15,16). The molecule has 0 saturated heterocycles.